The molecule has 2 aliphatic heterocycles. The van der Waals surface area contributed by atoms with E-state index >= 15 is 0 Å². The highest BCUT2D eigenvalue weighted by Crippen LogP contribution is 2.44. The molecule has 0 saturated heterocycles. The van der Waals surface area contributed by atoms with Gasteiger partial charge in [0, 0.05) is 24.7 Å². The standard InChI is InChI=1S/C23H22O7/c1-26-12-16-5-3-4-15(10-16)11-19-21(20-13-28-14-29-20)22(24)30-23(19,25)17-6-8-18(27-2)9-7-17/h3-10,13,25H,11-12,14H2,1-2H3. The van der Waals surface area contributed by atoms with Gasteiger partial charge in [-0.05, 0) is 35.4 Å². The number of aliphatic hydroxyl groups is 1. The van der Waals surface area contributed by atoms with Crippen LogP contribution in [0.4, 0.5) is 0 Å². The van der Waals surface area contributed by atoms with Crippen molar-refractivity contribution in [3.05, 3.63) is 88.4 Å². The van der Waals surface area contributed by atoms with Crippen molar-refractivity contribution >= 4 is 5.97 Å². The van der Waals surface area contributed by atoms with Crippen molar-refractivity contribution in [2.24, 2.45) is 0 Å². The van der Waals surface area contributed by atoms with Crippen LogP contribution in [-0.2, 0) is 42.6 Å². The van der Waals surface area contributed by atoms with Gasteiger partial charge in [0.25, 0.3) is 5.79 Å². The van der Waals surface area contributed by atoms with Crippen molar-refractivity contribution in [3.8, 4) is 5.75 Å². The van der Waals surface area contributed by atoms with Crippen molar-refractivity contribution in [2.75, 3.05) is 21.0 Å². The number of cyclic esters (lactones) is 1. The monoisotopic (exact) mass is 410 g/mol. The van der Waals surface area contributed by atoms with Gasteiger partial charge in [-0.1, -0.05) is 24.3 Å². The lowest BCUT2D eigenvalue weighted by molar-refractivity contribution is -0.186. The molecule has 0 fully saturated rings. The summed E-state index contributed by atoms with van der Waals surface area (Å²) >= 11 is 0. The molecule has 7 nitrogen and oxygen atoms in total. The van der Waals surface area contributed by atoms with E-state index in [9.17, 15) is 9.90 Å². The lowest BCUT2D eigenvalue weighted by Gasteiger charge is -2.26. The highest BCUT2D eigenvalue weighted by atomic mass is 16.7. The van der Waals surface area contributed by atoms with Gasteiger partial charge in [-0.3, -0.25) is 0 Å². The molecule has 4 rings (SSSR count). The zero-order valence-electron chi connectivity index (χ0n) is 16.7. The number of rotatable bonds is 7. The number of hydrogen-bond donors (Lipinski definition) is 1. The van der Waals surface area contributed by atoms with E-state index in [2.05, 4.69) is 0 Å². The Kier molecular flexibility index (Phi) is 5.48. The molecule has 0 saturated carbocycles. The van der Waals surface area contributed by atoms with E-state index in [4.69, 9.17) is 23.7 Å². The van der Waals surface area contributed by atoms with E-state index in [1.807, 2.05) is 24.3 Å². The van der Waals surface area contributed by atoms with E-state index in [1.54, 1.807) is 38.5 Å². The Morgan fingerprint density at radius 2 is 1.87 bits per heavy atom. The Bertz CT molecular complexity index is 1010. The first-order valence-electron chi connectivity index (χ1n) is 9.40. The number of esters is 1. The van der Waals surface area contributed by atoms with Gasteiger partial charge in [-0.2, -0.15) is 0 Å². The molecular formula is C23H22O7. The van der Waals surface area contributed by atoms with Crippen molar-refractivity contribution in [1.82, 2.24) is 0 Å². The summed E-state index contributed by atoms with van der Waals surface area (Å²) < 4.78 is 26.5. The fourth-order valence-electron chi connectivity index (χ4n) is 3.62. The van der Waals surface area contributed by atoms with Crippen molar-refractivity contribution < 1.29 is 33.6 Å². The Labute approximate surface area is 174 Å². The predicted molar refractivity (Wildman–Crippen MR) is 106 cm³/mol. The van der Waals surface area contributed by atoms with Crippen LogP contribution in [0.1, 0.15) is 16.7 Å². The van der Waals surface area contributed by atoms with Crippen LogP contribution in [0, 0.1) is 0 Å². The molecule has 0 amide bonds. The molecule has 7 heteroatoms. The summed E-state index contributed by atoms with van der Waals surface area (Å²) in [4.78, 5) is 12.8. The number of ether oxygens (including phenoxy) is 5. The molecule has 1 unspecified atom stereocenters. The fourth-order valence-corrected chi connectivity index (χ4v) is 3.62. The maximum absolute atomic E-state index is 12.8. The van der Waals surface area contributed by atoms with E-state index < -0.39 is 11.8 Å². The Balaban J connectivity index is 1.79. The zero-order valence-corrected chi connectivity index (χ0v) is 16.7. The molecular weight excluding hydrogens is 388 g/mol. The van der Waals surface area contributed by atoms with Gasteiger partial charge in [-0.15, -0.1) is 0 Å². The molecule has 1 N–H and O–H groups in total. The minimum Gasteiger partial charge on any atom is -0.497 e. The normalized spacial score (nSPS) is 20.5. The molecule has 2 aliphatic rings. The molecule has 2 aromatic carbocycles. The van der Waals surface area contributed by atoms with Crippen molar-refractivity contribution in [1.29, 1.82) is 0 Å². The van der Waals surface area contributed by atoms with Gasteiger partial charge in [0.05, 0.1) is 13.7 Å². The highest BCUT2D eigenvalue weighted by molar-refractivity contribution is 5.97. The van der Waals surface area contributed by atoms with E-state index in [0.29, 0.717) is 23.5 Å². The average molecular weight is 410 g/mol. The quantitative estimate of drug-likeness (QED) is 0.703. The Morgan fingerprint density at radius 3 is 2.53 bits per heavy atom. The maximum Gasteiger partial charge on any atom is 0.345 e. The van der Waals surface area contributed by atoms with Crippen LogP contribution >= 0.6 is 0 Å². The SMILES string of the molecule is COCc1cccc(CC2=C(C3=COCO3)C(=O)OC2(O)c2ccc(OC)cc2)c1. The molecule has 0 aliphatic carbocycles. The van der Waals surface area contributed by atoms with E-state index in [0.717, 1.165) is 11.1 Å². The second kappa shape index (κ2) is 8.22. The molecule has 2 heterocycles. The highest BCUT2D eigenvalue weighted by Gasteiger charge is 2.49. The van der Waals surface area contributed by atoms with Crippen LogP contribution in [0.15, 0.2) is 71.7 Å². The lowest BCUT2D eigenvalue weighted by atomic mass is 9.89. The number of carbonyl (C=O) groups is 1. The topological polar surface area (TPSA) is 83.5 Å². The van der Waals surface area contributed by atoms with Crippen LogP contribution in [0.25, 0.3) is 0 Å². The summed E-state index contributed by atoms with van der Waals surface area (Å²) in [7, 11) is 3.18. The largest absolute Gasteiger partial charge is 0.497 e. The first-order chi connectivity index (χ1) is 14.5. The summed E-state index contributed by atoms with van der Waals surface area (Å²) in [5.74, 6) is -1.75. The smallest absolute Gasteiger partial charge is 0.345 e. The van der Waals surface area contributed by atoms with Gasteiger partial charge in [0.2, 0.25) is 6.79 Å². The predicted octanol–water partition coefficient (Wildman–Crippen LogP) is 2.93. The van der Waals surface area contributed by atoms with Crippen LogP contribution in [-0.4, -0.2) is 32.1 Å². The molecule has 0 aromatic heterocycles. The summed E-state index contributed by atoms with van der Waals surface area (Å²) in [5, 5.41) is 11.5. The molecule has 0 radical (unpaired) electrons. The number of hydrogen-bond acceptors (Lipinski definition) is 7. The number of methoxy groups -OCH3 is 2. The summed E-state index contributed by atoms with van der Waals surface area (Å²) in [6.45, 7) is 0.462. The molecule has 156 valence electrons. The molecule has 2 aromatic rings. The Morgan fingerprint density at radius 1 is 1.10 bits per heavy atom. The lowest BCUT2D eigenvalue weighted by Crippen LogP contribution is -2.29. The minimum absolute atomic E-state index is 0.00365. The minimum atomic E-state index is -1.94. The number of carbonyl (C=O) groups excluding carboxylic acids is 1. The molecule has 0 spiro atoms. The first-order valence-corrected chi connectivity index (χ1v) is 9.40. The van der Waals surface area contributed by atoms with Gasteiger partial charge < -0.3 is 28.8 Å². The van der Waals surface area contributed by atoms with Gasteiger partial charge in [0.15, 0.2) is 5.76 Å². The van der Waals surface area contributed by atoms with E-state index in [1.165, 1.54) is 6.26 Å². The second-order valence-electron chi connectivity index (χ2n) is 6.96. The average Bonchev–Trinajstić information content (AvgIpc) is 3.36. The summed E-state index contributed by atoms with van der Waals surface area (Å²) in [6, 6.07) is 14.5. The van der Waals surface area contributed by atoms with Crippen LogP contribution < -0.4 is 4.74 Å². The van der Waals surface area contributed by atoms with Gasteiger partial charge in [-0.25, -0.2) is 4.79 Å². The maximum atomic E-state index is 12.8. The van der Waals surface area contributed by atoms with Gasteiger partial charge >= 0.3 is 5.97 Å². The Hall–Kier alpha value is -3.29. The van der Waals surface area contributed by atoms with Crippen LogP contribution in [0.3, 0.4) is 0 Å². The summed E-state index contributed by atoms with van der Waals surface area (Å²) in [6.07, 6.45) is 1.62. The van der Waals surface area contributed by atoms with Crippen LogP contribution in [0.2, 0.25) is 0 Å². The van der Waals surface area contributed by atoms with Crippen LogP contribution in [0.5, 0.6) is 5.75 Å². The third kappa shape index (κ3) is 3.65. The molecule has 0 bridgehead atoms. The van der Waals surface area contributed by atoms with E-state index in [-0.39, 0.29) is 24.5 Å². The molecule has 1 atom stereocenters. The first kappa shape index (κ1) is 20.0. The number of benzene rings is 2. The summed E-state index contributed by atoms with van der Waals surface area (Å²) in [5.41, 5.74) is 2.83. The third-order valence-electron chi connectivity index (χ3n) is 5.04. The molecule has 30 heavy (non-hydrogen) atoms. The third-order valence-corrected chi connectivity index (χ3v) is 5.04. The van der Waals surface area contributed by atoms with Crippen molar-refractivity contribution in [2.45, 2.75) is 18.8 Å². The zero-order chi connectivity index (χ0) is 21.1. The fraction of sp³-hybridized carbons (Fsp3) is 0.261. The van der Waals surface area contributed by atoms with Gasteiger partial charge in [0.1, 0.15) is 17.6 Å². The van der Waals surface area contributed by atoms with Crippen molar-refractivity contribution in [3.63, 3.8) is 0 Å². The second-order valence-corrected chi connectivity index (χ2v) is 6.96.